The number of halogens is 5. The van der Waals surface area contributed by atoms with Crippen LogP contribution in [-0.2, 0) is 0 Å². The first-order chi connectivity index (χ1) is 7.84. The molecule has 94 valence electrons. The lowest BCUT2D eigenvalue weighted by Gasteiger charge is -2.07. The zero-order valence-electron chi connectivity index (χ0n) is 8.52. The molecule has 0 aliphatic carbocycles. The Labute approximate surface area is 93.3 Å². The molecular weight excluding hydrogens is 247 g/mol. The Bertz CT molecular complexity index is 425. The van der Waals surface area contributed by atoms with Crippen molar-refractivity contribution in [3.63, 3.8) is 0 Å². The Morgan fingerprint density at radius 2 is 1.71 bits per heavy atom. The fourth-order valence-electron chi connectivity index (χ4n) is 0.924. The highest BCUT2D eigenvalue weighted by atomic mass is 19.4. The van der Waals surface area contributed by atoms with Crippen molar-refractivity contribution in [3.8, 4) is 11.5 Å². The molecule has 1 aromatic rings. The molecule has 0 bridgehead atoms. The topological polar surface area (TPSA) is 18.5 Å². The minimum absolute atomic E-state index is 0.239. The van der Waals surface area contributed by atoms with Crippen LogP contribution in [0, 0.1) is 0 Å². The Balaban J connectivity index is 2.91. The monoisotopic (exact) mass is 254 g/mol. The molecule has 0 spiro atoms. The van der Waals surface area contributed by atoms with Gasteiger partial charge in [0.05, 0.1) is 7.11 Å². The number of allylic oxidation sites excluding steroid dienone is 1. The molecule has 7 heteroatoms. The molecule has 0 radical (unpaired) electrons. The fraction of sp³-hybridized carbons (Fsp3) is 0.200. The highest BCUT2D eigenvalue weighted by molar-refractivity contribution is 5.33. The summed E-state index contributed by atoms with van der Waals surface area (Å²) in [4.78, 5) is 0. The number of methoxy groups -OCH3 is 1. The minimum Gasteiger partial charge on any atom is -0.497 e. The molecule has 0 unspecified atom stereocenters. The molecule has 2 nitrogen and oxygen atoms in total. The van der Waals surface area contributed by atoms with E-state index in [1.807, 2.05) is 0 Å². The van der Waals surface area contributed by atoms with Gasteiger partial charge < -0.3 is 9.47 Å². The highest BCUT2D eigenvalue weighted by Gasteiger charge is 2.39. The van der Waals surface area contributed by atoms with Gasteiger partial charge >= 0.3 is 12.2 Å². The second-order valence-electron chi connectivity index (χ2n) is 2.87. The van der Waals surface area contributed by atoms with Gasteiger partial charge in [0.15, 0.2) is 0 Å². The number of ether oxygens (including phenoxy) is 2. The summed E-state index contributed by atoms with van der Waals surface area (Å²) < 4.78 is 69.3. The van der Waals surface area contributed by atoms with E-state index in [0.717, 1.165) is 12.1 Å². The average Bonchev–Trinajstić information content (AvgIpc) is 2.27. The molecular formula is C10H7F5O2. The second kappa shape index (κ2) is 5.03. The summed E-state index contributed by atoms with van der Waals surface area (Å²) in [6.45, 7) is 0. The fourth-order valence-corrected chi connectivity index (χ4v) is 0.924. The molecule has 0 N–H and O–H groups in total. The van der Waals surface area contributed by atoms with Gasteiger partial charge in [0.25, 0.3) is 5.83 Å². The number of alkyl halides is 3. The van der Waals surface area contributed by atoms with Gasteiger partial charge in [-0.15, -0.1) is 0 Å². The molecule has 0 aliphatic heterocycles. The normalized spacial score (nSPS) is 13.1. The van der Waals surface area contributed by atoms with E-state index < -0.39 is 18.0 Å². The van der Waals surface area contributed by atoms with Crippen molar-refractivity contribution in [1.29, 1.82) is 0 Å². The molecule has 0 atom stereocenters. The molecule has 1 aromatic carbocycles. The Kier molecular flexibility index (Phi) is 3.93. The molecule has 1 rings (SSSR count). The molecule has 0 saturated heterocycles. The van der Waals surface area contributed by atoms with Gasteiger partial charge in [-0.05, 0) is 12.1 Å². The van der Waals surface area contributed by atoms with Gasteiger partial charge in [-0.25, -0.2) is 0 Å². The zero-order chi connectivity index (χ0) is 13.1. The summed E-state index contributed by atoms with van der Waals surface area (Å²) in [6.07, 6.45) is -5.41. The van der Waals surface area contributed by atoms with E-state index in [2.05, 4.69) is 4.74 Å². The number of rotatable bonds is 3. The van der Waals surface area contributed by atoms with Crippen LogP contribution >= 0.6 is 0 Å². The maximum atomic E-state index is 12.7. The third-order valence-corrected chi connectivity index (χ3v) is 1.67. The Hall–Kier alpha value is -1.79. The van der Waals surface area contributed by atoms with Crippen molar-refractivity contribution >= 4 is 0 Å². The molecule has 0 aliphatic rings. The SMILES string of the molecule is COc1cccc(OC(F)=C(F)C(F)(F)F)c1. The molecule has 0 fully saturated rings. The standard InChI is InChI=1S/C10H7F5O2/c1-16-6-3-2-4-7(5-6)17-9(12)8(11)10(13,14)15/h2-5H,1H3. The first-order valence-corrected chi connectivity index (χ1v) is 4.29. The molecule has 0 saturated carbocycles. The van der Waals surface area contributed by atoms with E-state index in [0.29, 0.717) is 0 Å². The van der Waals surface area contributed by atoms with Crippen LogP contribution in [0.4, 0.5) is 22.0 Å². The van der Waals surface area contributed by atoms with Crippen molar-refractivity contribution in [2.24, 2.45) is 0 Å². The van der Waals surface area contributed by atoms with E-state index in [-0.39, 0.29) is 11.5 Å². The van der Waals surface area contributed by atoms with Crippen LogP contribution < -0.4 is 9.47 Å². The Morgan fingerprint density at radius 1 is 1.12 bits per heavy atom. The van der Waals surface area contributed by atoms with E-state index in [4.69, 9.17) is 4.74 Å². The smallest absolute Gasteiger partial charge is 0.449 e. The lowest BCUT2D eigenvalue weighted by Crippen LogP contribution is -2.11. The molecule has 0 heterocycles. The summed E-state index contributed by atoms with van der Waals surface area (Å²) in [6, 6.07) is 2.75. The lowest BCUT2D eigenvalue weighted by atomic mass is 10.3. The molecule has 0 aromatic heterocycles. The van der Waals surface area contributed by atoms with E-state index in [1.54, 1.807) is 0 Å². The lowest BCUT2D eigenvalue weighted by molar-refractivity contribution is -0.114. The van der Waals surface area contributed by atoms with Crippen LogP contribution in [0.25, 0.3) is 0 Å². The first-order valence-electron chi connectivity index (χ1n) is 4.29. The third-order valence-electron chi connectivity index (χ3n) is 1.67. The van der Waals surface area contributed by atoms with E-state index >= 15 is 0 Å². The van der Waals surface area contributed by atoms with E-state index in [9.17, 15) is 22.0 Å². The zero-order valence-corrected chi connectivity index (χ0v) is 8.52. The van der Waals surface area contributed by atoms with Crippen LogP contribution in [0.2, 0.25) is 0 Å². The van der Waals surface area contributed by atoms with Crippen LogP contribution in [0.3, 0.4) is 0 Å². The highest BCUT2D eigenvalue weighted by Crippen LogP contribution is 2.31. The van der Waals surface area contributed by atoms with Crippen molar-refractivity contribution in [2.45, 2.75) is 6.18 Å². The summed E-state index contributed by atoms with van der Waals surface area (Å²) in [7, 11) is 1.31. The van der Waals surface area contributed by atoms with Crippen LogP contribution in [0.15, 0.2) is 36.1 Å². The van der Waals surface area contributed by atoms with Gasteiger partial charge in [-0.3, -0.25) is 0 Å². The van der Waals surface area contributed by atoms with Gasteiger partial charge in [-0.2, -0.15) is 22.0 Å². The maximum Gasteiger partial charge on any atom is 0.449 e. The van der Waals surface area contributed by atoms with E-state index in [1.165, 1.54) is 19.2 Å². The van der Waals surface area contributed by atoms with Crippen molar-refractivity contribution in [3.05, 3.63) is 36.1 Å². The quantitative estimate of drug-likeness (QED) is 0.604. The Morgan fingerprint density at radius 3 is 2.24 bits per heavy atom. The first kappa shape index (κ1) is 13.3. The molecule has 17 heavy (non-hydrogen) atoms. The number of benzene rings is 1. The summed E-state index contributed by atoms with van der Waals surface area (Å²) >= 11 is 0. The van der Waals surface area contributed by atoms with Gasteiger partial charge in [-0.1, -0.05) is 6.07 Å². The van der Waals surface area contributed by atoms with Gasteiger partial charge in [0.2, 0.25) is 0 Å². The second-order valence-corrected chi connectivity index (χ2v) is 2.87. The van der Waals surface area contributed by atoms with Crippen LogP contribution in [0.1, 0.15) is 0 Å². The predicted molar refractivity (Wildman–Crippen MR) is 48.9 cm³/mol. The van der Waals surface area contributed by atoms with Gasteiger partial charge in [0.1, 0.15) is 11.5 Å². The number of hydrogen-bond acceptors (Lipinski definition) is 2. The summed E-state index contributed by atoms with van der Waals surface area (Å²) in [5, 5.41) is 0. The average molecular weight is 254 g/mol. The van der Waals surface area contributed by atoms with Crippen LogP contribution in [-0.4, -0.2) is 13.3 Å². The summed E-state index contributed by atoms with van der Waals surface area (Å²) in [5.74, 6) is -2.98. The van der Waals surface area contributed by atoms with Crippen molar-refractivity contribution in [2.75, 3.05) is 7.11 Å². The third kappa shape index (κ3) is 3.61. The summed E-state index contributed by atoms with van der Waals surface area (Å²) in [5.41, 5.74) is 0. The predicted octanol–water partition coefficient (Wildman–Crippen LogP) is 3.74. The largest absolute Gasteiger partial charge is 0.497 e. The van der Waals surface area contributed by atoms with Crippen LogP contribution in [0.5, 0.6) is 11.5 Å². The van der Waals surface area contributed by atoms with Gasteiger partial charge in [0, 0.05) is 6.07 Å². The maximum absolute atomic E-state index is 12.7. The van der Waals surface area contributed by atoms with Crippen molar-refractivity contribution < 1.29 is 31.4 Å². The minimum atomic E-state index is -5.41. The molecule has 0 amide bonds. The number of hydrogen-bond donors (Lipinski definition) is 0. The van der Waals surface area contributed by atoms with Crippen molar-refractivity contribution in [1.82, 2.24) is 0 Å².